The van der Waals surface area contributed by atoms with Crippen LogP contribution in [0, 0.1) is 5.82 Å². The van der Waals surface area contributed by atoms with E-state index >= 15 is 0 Å². The zero-order valence-electron chi connectivity index (χ0n) is 12.8. The molecule has 0 aliphatic rings. The van der Waals surface area contributed by atoms with Gasteiger partial charge < -0.3 is 14.8 Å². The predicted molar refractivity (Wildman–Crippen MR) is 90.2 cm³/mol. The van der Waals surface area contributed by atoms with E-state index < -0.39 is 30.4 Å². The van der Waals surface area contributed by atoms with Crippen LogP contribution >= 0.6 is 15.9 Å². The molecule has 1 N–H and O–H groups in total. The number of para-hydroxylation sites is 1. The normalized spacial score (nSPS) is 11.5. The molecular formula is C17H15BrFNO4. The molecule has 0 heterocycles. The molecule has 0 fully saturated rings. The minimum absolute atomic E-state index is 0.0257. The van der Waals surface area contributed by atoms with Crippen molar-refractivity contribution >= 4 is 33.5 Å². The summed E-state index contributed by atoms with van der Waals surface area (Å²) in [6, 6.07) is 12.6. The van der Waals surface area contributed by atoms with Crippen LogP contribution in [0.4, 0.5) is 10.1 Å². The lowest BCUT2D eigenvalue weighted by Crippen LogP contribution is -2.29. The number of esters is 1. The van der Waals surface area contributed by atoms with E-state index in [9.17, 15) is 14.0 Å². The molecule has 0 unspecified atom stereocenters. The molecule has 0 spiro atoms. The number of halogens is 2. The number of hydrogen-bond donors (Lipinski definition) is 1. The fourth-order valence-corrected chi connectivity index (χ4v) is 2.03. The zero-order valence-corrected chi connectivity index (χ0v) is 14.4. The number of carbonyl (C=O) groups is 2. The number of carbonyl (C=O) groups excluding carboxylic acids is 2. The molecule has 1 amide bonds. The smallest absolute Gasteiger partial charge is 0.347 e. The van der Waals surface area contributed by atoms with E-state index in [1.807, 2.05) is 0 Å². The highest BCUT2D eigenvalue weighted by Crippen LogP contribution is 2.17. The summed E-state index contributed by atoms with van der Waals surface area (Å²) in [5, 5.41) is 2.32. The zero-order chi connectivity index (χ0) is 17.5. The van der Waals surface area contributed by atoms with Crippen molar-refractivity contribution in [3.8, 4) is 5.75 Å². The number of ether oxygens (including phenoxy) is 2. The minimum atomic E-state index is -0.882. The second-order valence-electron chi connectivity index (χ2n) is 4.85. The summed E-state index contributed by atoms with van der Waals surface area (Å²) < 4.78 is 24.6. The van der Waals surface area contributed by atoms with Gasteiger partial charge in [0.05, 0.1) is 5.69 Å². The molecule has 2 aromatic rings. The van der Waals surface area contributed by atoms with Crippen LogP contribution in [0.5, 0.6) is 5.75 Å². The molecule has 0 aliphatic heterocycles. The average Bonchev–Trinajstić information content (AvgIpc) is 2.57. The van der Waals surface area contributed by atoms with Gasteiger partial charge in [0.2, 0.25) is 0 Å². The van der Waals surface area contributed by atoms with Gasteiger partial charge in [-0.15, -0.1) is 0 Å². The quantitative estimate of drug-likeness (QED) is 0.759. The van der Waals surface area contributed by atoms with Gasteiger partial charge in [-0.2, -0.15) is 0 Å². The van der Waals surface area contributed by atoms with Crippen molar-refractivity contribution in [2.24, 2.45) is 0 Å². The van der Waals surface area contributed by atoms with Gasteiger partial charge >= 0.3 is 5.97 Å². The third-order valence-corrected chi connectivity index (χ3v) is 3.48. The summed E-state index contributed by atoms with van der Waals surface area (Å²) in [4.78, 5) is 23.5. The van der Waals surface area contributed by atoms with Crippen LogP contribution in [0.1, 0.15) is 6.92 Å². The molecule has 0 radical (unpaired) electrons. The Morgan fingerprint density at radius 2 is 1.83 bits per heavy atom. The highest BCUT2D eigenvalue weighted by molar-refractivity contribution is 9.10. The monoisotopic (exact) mass is 395 g/mol. The molecule has 7 heteroatoms. The van der Waals surface area contributed by atoms with Gasteiger partial charge in [0.25, 0.3) is 5.91 Å². The molecule has 1 atom stereocenters. The maximum absolute atomic E-state index is 13.4. The molecule has 5 nitrogen and oxygen atoms in total. The largest absolute Gasteiger partial charge is 0.479 e. The van der Waals surface area contributed by atoms with Gasteiger partial charge in [0, 0.05) is 4.47 Å². The molecule has 24 heavy (non-hydrogen) atoms. The summed E-state index contributed by atoms with van der Waals surface area (Å²) in [7, 11) is 0. The fraction of sp³-hybridized carbons (Fsp3) is 0.176. The van der Waals surface area contributed by atoms with Crippen molar-refractivity contribution in [1.29, 1.82) is 0 Å². The number of rotatable bonds is 6. The van der Waals surface area contributed by atoms with Crippen LogP contribution in [0.2, 0.25) is 0 Å². The van der Waals surface area contributed by atoms with Gasteiger partial charge in [-0.25, -0.2) is 9.18 Å². The average molecular weight is 396 g/mol. The summed E-state index contributed by atoms with van der Waals surface area (Å²) in [5.41, 5.74) is 0.0257. The second kappa shape index (κ2) is 8.44. The summed E-state index contributed by atoms with van der Waals surface area (Å²) >= 11 is 3.30. The highest BCUT2D eigenvalue weighted by atomic mass is 79.9. The van der Waals surface area contributed by atoms with Crippen molar-refractivity contribution in [3.05, 3.63) is 58.8 Å². The van der Waals surface area contributed by atoms with E-state index in [4.69, 9.17) is 9.47 Å². The third-order valence-electron chi connectivity index (χ3n) is 2.95. The molecule has 0 bridgehead atoms. The lowest BCUT2D eigenvalue weighted by Gasteiger charge is -2.14. The van der Waals surface area contributed by atoms with Gasteiger partial charge in [0.1, 0.15) is 11.6 Å². The highest BCUT2D eigenvalue weighted by Gasteiger charge is 2.18. The summed E-state index contributed by atoms with van der Waals surface area (Å²) in [6.45, 7) is 0.986. The van der Waals surface area contributed by atoms with Crippen LogP contribution in [0.25, 0.3) is 0 Å². The maximum Gasteiger partial charge on any atom is 0.347 e. The standard InChI is InChI=1S/C17H15BrFNO4/c1-11(24-13-8-6-12(18)7-9-13)17(22)23-10-16(21)20-15-5-3-2-4-14(15)19/h2-9,11H,10H2,1H3,(H,20,21)/t11-/m0/s1. The first kappa shape index (κ1) is 17.9. The van der Waals surface area contributed by atoms with E-state index in [0.29, 0.717) is 5.75 Å². The Labute approximate surface area is 146 Å². The van der Waals surface area contributed by atoms with Gasteiger partial charge in [-0.1, -0.05) is 28.1 Å². The molecule has 126 valence electrons. The first-order chi connectivity index (χ1) is 11.5. The van der Waals surface area contributed by atoms with Crippen LogP contribution < -0.4 is 10.1 Å². The number of nitrogens with one attached hydrogen (secondary N) is 1. The first-order valence-electron chi connectivity index (χ1n) is 7.09. The van der Waals surface area contributed by atoms with Crippen molar-refractivity contribution in [3.63, 3.8) is 0 Å². The van der Waals surface area contributed by atoms with E-state index in [2.05, 4.69) is 21.2 Å². The van der Waals surface area contributed by atoms with E-state index in [0.717, 1.165) is 4.47 Å². The summed E-state index contributed by atoms with van der Waals surface area (Å²) in [5.74, 6) is -1.39. The van der Waals surface area contributed by atoms with Crippen LogP contribution in [0.15, 0.2) is 53.0 Å². The van der Waals surface area contributed by atoms with Gasteiger partial charge in [-0.3, -0.25) is 4.79 Å². The minimum Gasteiger partial charge on any atom is -0.479 e. The van der Waals surface area contributed by atoms with Crippen molar-refractivity contribution < 1.29 is 23.5 Å². The van der Waals surface area contributed by atoms with Gasteiger partial charge in [0.15, 0.2) is 12.7 Å². The van der Waals surface area contributed by atoms with E-state index in [1.165, 1.54) is 25.1 Å². The lowest BCUT2D eigenvalue weighted by atomic mass is 10.3. The molecule has 0 aliphatic carbocycles. The Hall–Kier alpha value is -2.41. The number of benzene rings is 2. The van der Waals surface area contributed by atoms with Crippen LogP contribution in [0.3, 0.4) is 0 Å². The molecule has 2 rings (SSSR count). The van der Waals surface area contributed by atoms with E-state index in [-0.39, 0.29) is 5.69 Å². The lowest BCUT2D eigenvalue weighted by molar-refractivity contribution is -0.153. The van der Waals surface area contributed by atoms with Crippen molar-refractivity contribution in [2.75, 3.05) is 11.9 Å². The SMILES string of the molecule is C[C@H](Oc1ccc(Br)cc1)C(=O)OCC(=O)Nc1ccccc1F. The Bertz CT molecular complexity index is 721. The Balaban J connectivity index is 1.80. The number of hydrogen-bond acceptors (Lipinski definition) is 4. The van der Waals surface area contributed by atoms with Gasteiger partial charge in [-0.05, 0) is 43.3 Å². The van der Waals surface area contributed by atoms with Crippen LogP contribution in [-0.2, 0) is 14.3 Å². The van der Waals surface area contributed by atoms with Crippen LogP contribution in [-0.4, -0.2) is 24.6 Å². The molecule has 0 saturated heterocycles. The third kappa shape index (κ3) is 5.34. The number of anilines is 1. The topological polar surface area (TPSA) is 64.6 Å². The molecular weight excluding hydrogens is 381 g/mol. The Kier molecular flexibility index (Phi) is 6.31. The van der Waals surface area contributed by atoms with Crippen molar-refractivity contribution in [2.45, 2.75) is 13.0 Å². The fourth-order valence-electron chi connectivity index (χ4n) is 1.77. The van der Waals surface area contributed by atoms with E-state index in [1.54, 1.807) is 30.3 Å². The molecule has 0 aromatic heterocycles. The second-order valence-corrected chi connectivity index (χ2v) is 5.77. The Morgan fingerprint density at radius 3 is 2.50 bits per heavy atom. The summed E-state index contributed by atoms with van der Waals surface area (Å²) in [6.07, 6.45) is -0.882. The molecule has 2 aromatic carbocycles. The first-order valence-corrected chi connectivity index (χ1v) is 7.88. The maximum atomic E-state index is 13.4. The number of amides is 1. The van der Waals surface area contributed by atoms with Crippen molar-refractivity contribution in [1.82, 2.24) is 0 Å². The predicted octanol–water partition coefficient (Wildman–Crippen LogP) is 3.54. The Morgan fingerprint density at radius 1 is 1.17 bits per heavy atom. The molecule has 0 saturated carbocycles.